The molecule has 1 saturated heterocycles. The Hall–Kier alpha value is -3.46. The molecule has 47 heavy (non-hydrogen) atoms. The number of aliphatic carboxylic acids is 1. The summed E-state index contributed by atoms with van der Waals surface area (Å²) < 4.78 is 1.89. The van der Waals surface area contributed by atoms with Gasteiger partial charge in [-0.15, -0.1) is 0 Å². The molecule has 0 spiro atoms. The minimum absolute atomic E-state index is 0.0335. The number of nitrogens with zero attached hydrogens (tertiary/aromatic N) is 5. The lowest BCUT2D eigenvalue weighted by molar-refractivity contribution is -0.143. The quantitative estimate of drug-likeness (QED) is 0.202. The van der Waals surface area contributed by atoms with Gasteiger partial charge in [0.2, 0.25) is 5.95 Å². The number of fused-ring (bicyclic) bond motifs is 1. The fraction of sp³-hybridized carbons (Fsp3) is 0.632. The molecule has 1 aromatic carbocycles. The molecule has 3 aromatic rings. The number of carboxylic acid groups (broad SMARTS) is 1. The molecule has 1 saturated carbocycles. The monoisotopic (exact) mass is 641 g/mol. The summed E-state index contributed by atoms with van der Waals surface area (Å²) in [5.41, 5.74) is 4.85. The number of likely N-dealkylation sites (tertiary alicyclic amines) is 1. The van der Waals surface area contributed by atoms with E-state index in [1.165, 1.54) is 29.5 Å². The number of piperidine rings is 1. The van der Waals surface area contributed by atoms with Crippen LogP contribution < -0.4 is 10.6 Å². The zero-order valence-electron chi connectivity index (χ0n) is 29.1. The van der Waals surface area contributed by atoms with Crippen molar-refractivity contribution in [2.45, 2.75) is 109 Å². The van der Waals surface area contributed by atoms with Crippen molar-refractivity contribution in [1.29, 1.82) is 0 Å². The van der Waals surface area contributed by atoms with E-state index in [9.17, 15) is 9.90 Å². The van der Waals surface area contributed by atoms with E-state index in [1.54, 1.807) is 0 Å². The number of aromatic nitrogens is 4. The second-order valence-electron chi connectivity index (χ2n) is 15.0. The summed E-state index contributed by atoms with van der Waals surface area (Å²) in [5, 5.41) is 21.9. The van der Waals surface area contributed by atoms with Gasteiger partial charge in [-0.25, -0.2) is 4.98 Å². The second-order valence-corrected chi connectivity index (χ2v) is 15.0. The van der Waals surface area contributed by atoms with Crippen LogP contribution in [-0.2, 0) is 23.7 Å². The summed E-state index contributed by atoms with van der Waals surface area (Å²) in [4.78, 5) is 24.8. The molecular weight excluding hydrogens is 586 g/mol. The molecule has 5 atom stereocenters. The van der Waals surface area contributed by atoms with Crippen LogP contribution in [0.5, 0.6) is 0 Å². The van der Waals surface area contributed by atoms with Gasteiger partial charge >= 0.3 is 5.97 Å². The van der Waals surface area contributed by atoms with Gasteiger partial charge < -0.3 is 20.6 Å². The topological polar surface area (TPSA) is 108 Å². The lowest BCUT2D eigenvalue weighted by Gasteiger charge is -2.42. The Balaban J connectivity index is 1.35. The molecule has 9 heteroatoms. The van der Waals surface area contributed by atoms with Gasteiger partial charge in [0, 0.05) is 43.5 Å². The van der Waals surface area contributed by atoms with E-state index in [2.05, 4.69) is 84.9 Å². The van der Waals surface area contributed by atoms with Gasteiger partial charge in [0.15, 0.2) is 0 Å². The molecule has 3 heterocycles. The minimum Gasteiger partial charge on any atom is -0.481 e. The van der Waals surface area contributed by atoms with E-state index in [0.29, 0.717) is 17.8 Å². The summed E-state index contributed by atoms with van der Waals surface area (Å²) in [7, 11) is 1.99. The van der Waals surface area contributed by atoms with Gasteiger partial charge in [0.1, 0.15) is 5.82 Å². The first-order valence-electron chi connectivity index (χ1n) is 18.1. The number of hydrogen-bond acceptors (Lipinski definition) is 7. The van der Waals surface area contributed by atoms with Crippen LogP contribution in [-0.4, -0.2) is 61.4 Å². The highest BCUT2D eigenvalue weighted by Gasteiger charge is 2.41. The third kappa shape index (κ3) is 7.35. The minimum atomic E-state index is -0.656. The van der Waals surface area contributed by atoms with Crippen LogP contribution >= 0.6 is 0 Å². The smallest absolute Gasteiger partial charge is 0.306 e. The maximum atomic E-state index is 11.6. The Morgan fingerprint density at radius 2 is 1.85 bits per heavy atom. The van der Waals surface area contributed by atoms with Crippen molar-refractivity contribution in [2.24, 2.45) is 24.8 Å². The van der Waals surface area contributed by atoms with E-state index in [4.69, 9.17) is 9.97 Å². The van der Waals surface area contributed by atoms with Crippen molar-refractivity contribution in [2.75, 3.05) is 30.3 Å². The van der Waals surface area contributed by atoms with Gasteiger partial charge in [-0.1, -0.05) is 58.0 Å². The van der Waals surface area contributed by atoms with Crippen LogP contribution in [0.4, 0.5) is 11.8 Å². The third-order valence-electron chi connectivity index (χ3n) is 11.8. The van der Waals surface area contributed by atoms with Gasteiger partial charge in [0.05, 0.1) is 23.9 Å². The molecular formula is C38H55N7O2. The van der Waals surface area contributed by atoms with Crippen LogP contribution in [0.3, 0.4) is 0 Å². The largest absolute Gasteiger partial charge is 0.481 e. The zero-order chi connectivity index (χ0) is 33.1. The highest BCUT2D eigenvalue weighted by molar-refractivity contribution is 5.70. The molecule has 6 rings (SSSR count). The number of rotatable bonds is 11. The van der Waals surface area contributed by atoms with E-state index in [0.717, 1.165) is 76.1 Å². The molecule has 0 amide bonds. The van der Waals surface area contributed by atoms with Gasteiger partial charge in [-0.3, -0.25) is 9.48 Å². The summed E-state index contributed by atoms with van der Waals surface area (Å²) in [6.45, 7) is 12.5. The number of hydrogen-bond donors (Lipinski definition) is 3. The van der Waals surface area contributed by atoms with Crippen LogP contribution in [0.2, 0.25) is 0 Å². The number of carboxylic acids is 1. The average molecular weight is 642 g/mol. The van der Waals surface area contributed by atoms with Crippen molar-refractivity contribution < 1.29 is 9.90 Å². The van der Waals surface area contributed by atoms with Crippen molar-refractivity contribution in [3.8, 4) is 0 Å². The number of nitrogens with one attached hydrogen (secondary N) is 2. The third-order valence-corrected chi connectivity index (χ3v) is 11.8. The molecule has 2 aromatic heterocycles. The molecule has 0 radical (unpaired) electrons. The predicted octanol–water partition coefficient (Wildman–Crippen LogP) is 7.18. The highest BCUT2D eigenvalue weighted by Crippen LogP contribution is 2.49. The van der Waals surface area contributed by atoms with Gasteiger partial charge in [-0.2, -0.15) is 10.1 Å². The van der Waals surface area contributed by atoms with Crippen molar-refractivity contribution in [3.63, 3.8) is 0 Å². The van der Waals surface area contributed by atoms with E-state index in [-0.39, 0.29) is 29.3 Å². The summed E-state index contributed by atoms with van der Waals surface area (Å²) in [5.74, 6) is 2.06. The Morgan fingerprint density at radius 3 is 2.51 bits per heavy atom. The van der Waals surface area contributed by atoms with Gasteiger partial charge in [0.25, 0.3) is 0 Å². The van der Waals surface area contributed by atoms with E-state index in [1.807, 2.05) is 17.9 Å². The SMILES string of the molecule is CC[C@@H](Nc1nc2c(c(N[C@@H](CN3CCC[C@H](C)C3)c3cnn(C)c3)n1)[C@H](C)[C@](C)(c1ccccc1)CC2)C1CCC(C(=O)O)CC1. The van der Waals surface area contributed by atoms with Crippen molar-refractivity contribution >= 4 is 17.7 Å². The van der Waals surface area contributed by atoms with Gasteiger partial charge in [-0.05, 0) is 93.1 Å². The van der Waals surface area contributed by atoms with E-state index < -0.39 is 5.97 Å². The lowest BCUT2D eigenvalue weighted by Crippen LogP contribution is -2.39. The molecule has 2 fully saturated rings. The summed E-state index contributed by atoms with van der Waals surface area (Å²) in [6, 6.07) is 11.2. The van der Waals surface area contributed by atoms with Crippen molar-refractivity contribution in [3.05, 3.63) is 65.1 Å². The number of anilines is 2. The highest BCUT2D eigenvalue weighted by atomic mass is 16.4. The van der Waals surface area contributed by atoms with Crippen LogP contribution in [0, 0.1) is 17.8 Å². The molecule has 254 valence electrons. The molecule has 0 bridgehead atoms. The summed E-state index contributed by atoms with van der Waals surface area (Å²) >= 11 is 0. The van der Waals surface area contributed by atoms with E-state index >= 15 is 0 Å². The molecule has 3 N–H and O–H groups in total. The number of aryl methyl sites for hydroxylation is 2. The maximum absolute atomic E-state index is 11.6. The Kier molecular flexibility index (Phi) is 10.2. The number of benzene rings is 1. The molecule has 1 aliphatic heterocycles. The molecule has 3 aliphatic rings. The molecule has 2 aliphatic carbocycles. The Bertz CT molecular complexity index is 1500. The van der Waals surface area contributed by atoms with Crippen molar-refractivity contribution in [1.82, 2.24) is 24.6 Å². The normalized spacial score (nSPS) is 27.9. The fourth-order valence-corrected chi connectivity index (χ4v) is 8.68. The second kappa shape index (κ2) is 14.3. The first-order chi connectivity index (χ1) is 22.6. The van der Waals surface area contributed by atoms with Crippen LogP contribution in [0.15, 0.2) is 42.7 Å². The molecule has 9 nitrogen and oxygen atoms in total. The Labute approximate surface area is 281 Å². The zero-order valence-corrected chi connectivity index (χ0v) is 29.1. The average Bonchev–Trinajstić information content (AvgIpc) is 3.51. The Morgan fingerprint density at radius 1 is 1.09 bits per heavy atom. The summed E-state index contributed by atoms with van der Waals surface area (Å²) in [6.07, 6.45) is 12.8. The van der Waals surface area contributed by atoms with Crippen LogP contribution in [0.25, 0.3) is 0 Å². The lowest BCUT2D eigenvalue weighted by atomic mass is 9.63. The standard InChI is InChI=1S/C38H55N7O2/c1-6-31(27-14-16-28(17-15-27)36(46)47)41-37-42-32-18-19-38(4,30-12-8-7-9-13-30)26(3)34(32)35(43-37)40-33(29-21-39-44(5)23-29)24-45-20-10-11-25(2)22-45/h7-9,12-13,21,23,25-28,31,33H,6,10-11,14-20,22,24H2,1-5H3,(H,46,47)(H2,40,41,42,43)/t25-,26-,27?,28?,31+,33-,38+/m0/s1. The number of carbonyl (C=O) groups is 1. The first-order valence-corrected chi connectivity index (χ1v) is 18.1. The van der Waals surface area contributed by atoms with Crippen LogP contribution in [0.1, 0.15) is 113 Å². The first kappa shape index (κ1) is 33.4. The fourth-order valence-electron chi connectivity index (χ4n) is 8.68. The maximum Gasteiger partial charge on any atom is 0.306 e. The molecule has 0 unspecified atom stereocenters. The predicted molar refractivity (Wildman–Crippen MR) is 188 cm³/mol.